The maximum absolute atomic E-state index is 4.42. The Bertz CT molecular complexity index is 693. The van der Waals surface area contributed by atoms with Gasteiger partial charge in [-0.15, -0.1) is 0 Å². The van der Waals surface area contributed by atoms with Crippen molar-refractivity contribution in [3.8, 4) is 11.3 Å². The van der Waals surface area contributed by atoms with Crippen LogP contribution in [0.5, 0.6) is 0 Å². The first kappa shape index (κ1) is 11.0. The summed E-state index contributed by atoms with van der Waals surface area (Å²) in [5, 5.41) is 1.16. The summed E-state index contributed by atoms with van der Waals surface area (Å²) in [7, 11) is 0. The number of hydrogen-bond acceptors (Lipinski definition) is 2. The van der Waals surface area contributed by atoms with Gasteiger partial charge in [0.05, 0.1) is 0 Å². The fraction of sp³-hybridized carbons (Fsp3) is 0. The molecule has 0 atom stereocenters. The molecule has 2 aromatic heterocycles. The number of H-pyrrole nitrogens is 1. The second kappa shape index (κ2) is 4.28. The number of aromatic nitrogens is 3. The molecular formula is C12H7AsBrN3. The van der Waals surface area contributed by atoms with Gasteiger partial charge in [0.15, 0.2) is 0 Å². The molecule has 3 rings (SSSR count). The van der Waals surface area contributed by atoms with Gasteiger partial charge in [0.2, 0.25) is 0 Å². The van der Waals surface area contributed by atoms with Crippen LogP contribution in [-0.2, 0) is 0 Å². The minimum absolute atomic E-state index is 0.722. The van der Waals surface area contributed by atoms with Crippen molar-refractivity contribution in [1.82, 2.24) is 15.0 Å². The van der Waals surface area contributed by atoms with Crippen LogP contribution in [0.4, 0.5) is 0 Å². The Kier molecular flexibility index (Phi) is 2.77. The molecule has 0 spiro atoms. The summed E-state index contributed by atoms with van der Waals surface area (Å²) in [4.78, 5) is 11.8. The number of aromatic amines is 1. The van der Waals surface area contributed by atoms with Crippen molar-refractivity contribution in [1.29, 1.82) is 0 Å². The maximum atomic E-state index is 4.42. The summed E-state index contributed by atoms with van der Waals surface area (Å²) >= 11 is 5.85. The first-order chi connectivity index (χ1) is 8.24. The summed E-state index contributed by atoms with van der Waals surface area (Å²) in [5.41, 5.74) is 3.13. The van der Waals surface area contributed by atoms with Gasteiger partial charge in [-0.1, -0.05) is 0 Å². The van der Waals surface area contributed by atoms with Crippen LogP contribution in [0.2, 0.25) is 0 Å². The zero-order chi connectivity index (χ0) is 11.8. The molecule has 0 bridgehead atoms. The predicted molar refractivity (Wildman–Crippen MR) is 72.4 cm³/mol. The van der Waals surface area contributed by atoms with Crippen molar-refractivity contribution in [3.05, 3.63) is 41.1 Å². The summed E-state index contributed by atoms with van der Waals surface area (Å²) in [6.07, 6.45) is 3.75. The molecule has 0 saturated carbocycles. The molecule has 0 aliphatic carbocycles. The molecule has 2 radical (unpaired) electrons. The summed E-state index contributed by atoms with van der Waals surface area (Å²) in [6, 6.07) is 8.08. The normalized spacial score (nSPS) is 10.9. The molecule has 0 fully saturated rings. The van der Waals surface area contributed by atoms with E-state index in [4.69, 9.17) is 0 Å². The first-order valence-electron chi connectivity index (χ1n) is 5.03. The van der Waals surface area contributed by atoms with Gasteiger partial charge < -0.3 is 0 Å². The van der Waals surface area contributed by atoms with Gasteiger partial charge in [-0.25, -0.2) is 0 Å². The number of benzene rings is 1. The summed E-state index contributed by atoms with van der Waals surface area (Å²) < 4.78 is 1.78. The van der Waals surface area contributed by atoms with E-state index in [0.29, 0.717) is 0 Å². The summed E-state index contributed by atoms with van der Waals surface area (Å²) in [5.74, 6) is 0. The number of fused-ring (bicyclic) bond motifs is 1. The van der Waals surface area contributed by atoms with Gasteiger partial charge in [-0.2, -0.15) is 0 Å². The topological polar surface area (TPSA) is 41.6 Å². The second-order valence-corrected chi connectivity index (χ2v) is 5.39. The number of nitrogens with zero attached hydrogens (tertiary/aromatic N) is 2. The van der Waals surface area contributed by atoms with Gasteiger partial charge in [0, 0.05) is 0 Å². The minimum atomic E-state index is 0.722. The molecule has 1 aromatic carbocycles. The van der Waals surface area contributed by atoms with Crippen molar-refractivity contribution in [2.24, 2.45) is 0 Å². The van der Waals surface area contributed by atoms with Gasteiger partial charge in [0.1, 0.15) is 0 Å². The molecule has 0 aliphatic rings. The number of halogens is 1. The van der Waals surface area contributed by atoms with Crippen LogP contribution in [0, 0.1) is 0 Å². The molecule has 0 saturated heterocycles. The molecule has 3 aromatic rings. The van der Waals surface area contributed by atoms with Crippen molar-refractivity contribution in [2.75, 3.05) is 0 Å². The molecule has 82 valence electrons. The van der Waals surface area contributed by atoms with E-state index in [1.54, 1.807) is 6.20 Å². The van der Waals surface area contributed by atoms with E-state index in [-0.39, 0.29) is 0 Å². The average Bonchev–Trinajstić information content (AvgIpc) is 2.71. The summed E-state index contributed by atoms with van der Waals surface area (Å²) in [6.45, 7) is 0. The van der Waals surface area contributed by atoms with Gasteiger partial charge in [-0.3, -0.25) is 0 Å². The van der Waals surface area contributed by atoms with E-state index in [1.807, 2.05) is 24.4 Å². The van der Waals surface area contributed by atoms with E-state index in [2.05, 4.69) is 53.8 Å². The predicted octanol–water partition coefficient (Wildman–Crippen LogP) is 2.18. The van der Waals surface area contributed by atoms with E-state index in [0.717, 1.165) is 31.2 Å². The Morgan fingerprint density at radius 3 is 2.94 bits per heavy atom. The standard InChI is InChI=1S/C12H7AsBrN3/c13-12-15-4-3-11(17-12)9-6-16-10-2-1-7(14)5-8(9)10/h1-6,16H. The molecule has 0 aliphatic heterocycles. The van der Waals surface area contributed by atoms with E-state index in [9.17, 15) is 0 Å². The van der Waals surface area contributed by atoms with Crippen molar-refractivity contribution in [2.45, 2.75) is 0 Å². The zero-order valence-corrected chi connectivity index (χ0v) is 12.1. The van der Waals surface area contributed by atoms with Crippen LogP contribution >= 0.6 is 15.9 Å². The van der Waals surface area contributed by atoms with Gasteiger partial charge in [-0.05, 0) is 0 Å². The SMILES string of the molecule is [As]c1nccc(-c2c[nH]c3ccc(Br)cc23)n1. The van der Waals surface area contributed by atoms with Crippen molar-refractivity contribution >= 4 is 48.3 Å². The van der Waals surface area contributed by atoms with Crippen LogP contribution in [0.25, 0.3) is 22.2 Å². The molecule has 1 N–H and O–H groups in total. The Morgan fingerprint density at radius 1 is 1.24 bits per heavy atom. The Morgan fingerprint density at radius 2 is 2.12 bits per heavy atom. The number of nitrogens with one attached hydrogen (secondary N) is 1. The van der Waals surface area contributed by atoms with E-state index in [1.165, 1.54) is 0 Å². The van der Waals surface area contributed by atoms with Crippen molar-refractivity contribution < 1.29 is 0 Å². The first-order valence-corrected chi connectivity index (χ1v) is 6.76. The quantitative estimate of drug-likeness (QED) is 0.685. The molecule has 3 nitrogen and oxygen atoms in total. The Labute approximate surface area is 115 Å². The second-order valence-electron chi connectivity index (χ2n) is 3.63. The Hall–Kier alpha value is -1.12. The van der Waals surface area contributed by atoms with Crippen molar-refractivity contribution in [3.63, 3.8) is 0 Å². The third kappa shape index (κ3) is 2.03. The molecule has 17 heavy (non-hydrogen) atoms. The molecule has 2 heterocycles. The number of hydrogen-bond donors (Lipinski definition) is 1. The third-order valence-corrected chi connectivity index (χ3v) is 3.51. The van der Waals surface area contributed by atoms with Crippen LogP contribution in [0.1, 0.15) is 0 Å². The zero-order valence-electron chi connectivity index (χ0n) is 8.68. The van der Waals surface area contributed by atoms with E-state index >= 15 is 0 Å². The fourth-order valence-corrected chi connectivity index (χ4v) is 2.53. The molecule has 0 unspecified atom stereocenters. The Balaban J connectivity index is 2.27. The molecule has 0 amide bonds. The van der Waals surface area contributed by atoms with Crippen LogP contribution in [-0.4, -0.2) is 31.8 Å². The third-order valence-electron chi connectivity index (χ3n) is 2.56. The molecule has 5 heteroatoms. The molecular weight excluding hydrogens is 341 g/mol. The monoisotopic (exact) mass is 347 g/mol. The number of rotatable bonds is 1. The van der Waals surface area contributed by atoms with Gasteiger partial charge in [0.25, 0.3) is 0 Å². The van der Waals surface area contributed by atoms with Crippen LogP contribution in [0.3, 0.4) is 0 Å². The fourth-order valence-electron chi connectivity index (χ4n) is 1.80. The van der Waals surface area contributed by atoms with Gasteiger partial charge >= 0.3 is 116 Å². The van der Waals surface area contributed by atoms with Crippen LogP contribution in [0.15, 0.2) is 41.1 Å². The van der Waals surface area contributed by atoms with Crippen LogP contribution < -0.4 is 4.61 Å². The van der Waals surface area contributed by atoms with E-state index < -0.39 is 0 Å². The average molecular weight is 348 g/mol.